The quantitative estimate of drug-likeness (QED) is 0.226. The molecular formula is C15H32IN3O3. The Morgan fingerprint density at radius 1 is 1.18 bits per heavy atom. The van der Waals surface area contributed by atoms with Gasteiger partial charge >= 0.3 is 0 Å². The molecule has 1 heterocycles. The molecule has 132 valence electrons. The van der Waals surface area contributed by atoms with Gasteiger partial charge in [-0.3, -0.25) is 4.99 Å². The minimum absolute atomic E-state index is 0. The van der Waals surface area contributed by atoms with Gasteiger partial charge in [0.05, 0.1) is 13.2 Å². The highest BCUT2D eigenvalue weighted by atomic mass is 127. The Balaban J connectivity index is 0.00000441. The van der Waals surface area contributed by atoms with E-state index in [0.717, 1.165) is 78.0 Å². The predicted molar refractivity (Wildman–Crippen MR) is 100 cm³/mol. The fourth-order valence-electron chi connectivity index (χ4n) is 2.09. The topological polar surface area (TPSA) is 64.1 Å². The molecule has 2 N–H and O–H groups in total. The fraction of sp³-hybridized carbons (Fsp3) is 0.933. The van der Waals surface area contributed by atoms with Gasteiger partial charge in [-0.1, -0.05) is 0 Å². The third-order valence-corrected chi connectivity index (χ3v) is 3.32. The highest BCUT2D eigenvalue weighted by molar-refractivity contribution is 14.0. The molecule has 1 fully saturated rings. The molecule has 1 saturated heterocycles. The lowest BCUT2D eigenvalue weighted by atomic mass is 10.1. The molecule has 7 heteroatoms. The molecule has 0 amide bonds. The first-order chi connectivity index (χ1) is 10.4. The summed E-state index contributed by atoms with van der Waals surface area (Å²) in [6.45, 7) is 8.67. The summed E-state index contributed by atoms with van der Waals surface area (Å²) in [6.07, 6.45) is 3.10. The molecule has 1 aliphatic rings. The maximum Gasteiger partial charge on any atom is 0.190 e. The smallest absolute Gasteiger partial charge is 0.190 e. The number of guanidine groups is 1. The van der Waals surface area contributed by atoms with Crippen molar-refractivity contribution in [2.75, 3.05) is 59.8 Å². The second kappa shape index (κ2) is 15.8. The van der Waals surface area contributed by atoms with Crippen molar-refractivity contribution in [1.29, 1.82) is 0 Å². The molecule has 0 spiro atoms. The van der Waals surface area contributed by atoms with Gasteiger partial charge in [-0.15, -0.1) is 24.0 Å². The molecule has 0 bridgehead atoms. The molecule has 0 aromatic carbocycles. The normalized spacial score (nSPS) is 18.1. The van der Waals surface area contributed by atoms with E-state index in [1.54, 1.807) is 7.05 Å². The highest BCUT2D eigenvalue weighted by Gasteiger charge is 2.15. The first kappa shape index (κ1) is 21.9. The van der Waals surface area contributed by atoms with Crippen molar-refractivity contribution in [2.24, 2.45) is 10.9 Å². The van der Waals surface area contributed by atoms with Crippen LogP contribution in [0.1, 0.15) is 26.2 Å². The van der Waals surface area contributed by atoms with E-state index in [4.69, 9.17) is 14.2 Å². The molecule has 1 unspecified atom stereocenters. The predicted octanol–water partition coefficient (Wildman–Crippen LogP) is 1.64. The summed E-state index contributed by atoms with van der Waals surface area (Å²) in [7, 11) is 1.79. The van der Waals surface area contributed by atoms with Crippen LogP contribution in [-0.4, -0.2) is 65.7 Å². The first-order valence-corrected chi connectivity index (χ1v) is 8.04. The van der Waals surface area contributed by atoms with Crippen LogP contribution in [0.4, 0.5) is 0 Å². The van der Waals surface area contributed by atoms with Gasteiger partial charge in [0.25, 0.3) is 0 Å². The van der Waals surface area contributed by atoms with Gasteiger partial charge in [-0.05, 0) is 26.2 Å². The van der Waals surface area contributed by atoms with Crippen molar-refractivity contribution in [3.63, 3.8) is 0 Å². The van der Waals surface area contributed by atoms with Crippen molar-refractivity contribution in [1.82, 2.24) is 10.6 Å². The van der Waals surface area contributed by atoms with Gasteiger partial charge < -0.3 is 24.8 Å². The van der Waals surface area contributed by atoms with Crippen LogP contribution in [0.2, 0.25) is 0 Å². The van der Waals surface area contributed by atoms with E-state index in [9.17, 15) is 0 Å². The number of hydrogen-bond acceptors (Lipinski definition) is 4. The zero-order valence-corrected chi connectivity index (χ0v) is 16.3. The minimum Gasteiger partial charge on any atom is -0.382 e. The second-order valence-electron chi connectivity index (χ2n) is 5.13. The lowest BCUT2D eigenvalue weighted by molar-refractivity contribution is 0.0888. The number of rotatable bonds is 11. The van der Waals surface area contributed by atoms with Gasteiger partial charge in [0.2, 0.25) is 0 Å². The molecule has 1 atom stereocenters. The Morgan fingerprint density at radius 2 is 1.86 bits per heavy atom. The average molecular weight is 429 g/mol. The molecule has 0 aliphatic carbocycles. The van der Waals surface area contributed by atoms with E-state index < -0.39 is 0 Å². The summed E-state index contributed by atoms with van der Waals surface area (Å²) < 4.78 is 16.3. The largest absolute Gasteiger partial charge is 0.382 e. The van der Waals surface area contributed by atoms with E-state index >= 15 is 0 Å². The Labute approximate surface area is 151 Å². The van der Waals surface area contributed by atoms with E-state index in [2.05, 4.69) is 15.6 Å². The molecule has 0 aromatic heterocycles. The lowest BCUT2D eigenvalue weighted by Gasteiger charge is -2.12. The number of hydrogen-bond donors (Lipinski definition) is 2. The van der Waals surface area contributed by atoms with Gasteiger partial charge in [-0.25, -0.2) is 0 Å². The van der Waals surface area contributed by atoms with Crippen molar-refractivity contribution in [2.45, 2.75) is 26.2 Å². The number of aliphatic imine (C=N–C) groups is 1. The number of nitrogens with zero attached hydrogens (tertiary/aromatic N) is 1. The van der Waals surface area contributed by atoms with Crippen molar-refractivity contribution in [3.8, 4) is 0 Å². The van der Waals surface area contributed by atoms with Crippen LogP contribution < -0.4 is 10.6 Å². The number of nitrogens with one attached hydrogen (secondary N) is 2. The van der Waals surface area contributed by atoms with Crippen LogP contribution in [0.5, 0.6) is 0 Å². The van der Waals surface area contributed by atoms with E-state index in [0.29, 0.717) is 5.92 Å². The third kappa shape index (κ3) is 11.4. The van der Waals surface area contributed by atoms with Crippen LogP contribution in [0, 0.1) is 5.92 Å². The van der Waals surface area contributed by atoms with Gasteiger partial charge in [0.1, 0.15) is 0 Å². The maximum absolute atomic E-state index is 5.66. The van der Waals surface area contributed by atoms with Crippen LogP contribution >= 0.6 is 24.0 Å². The minimum atomic E-state index is 0. The summed E-state index contributed by atoms with van der Waals surface area (Å²) in [5.41, 5.74) is 0. The Morgan fingerprint density at radius 3 is 2.41 bits per heavy atom. The number of halogens is 1. The molecular weight excluding hydrogens is 397 g/mol. The molecule has 1 aliphatic heterocycles. The highest BCUT2D eigenvalue weighted by Crippen LogP contribution is 2.12. The summed E-state index contributed by atoms with van der Waals surface area (Å²) in [5.74, 6) is 1.44. The van der Waals surface area contributed by atoms with Gasteiger partial charge in [0, 0.05) is 52.5 Å². The second-order valence-corrected chi connectivity index (χ2v) is 5.13. The van der Waals surface area contributed by atoms with Gasteiger partial charge in [-0.2, -0.15) is 0 Å². The monoisotopic (exact) mass is 429 g/mol. The van der Waals surface area contributed by atoms with Crippen LogP contribution in [0.3, 0.4) is 0 Å². The van der Waals surface area contributed by atoms with Crippen molar-refractivity contribution >= 4 is 29.9 Å². The SMILES string of the molecule is CCOCCCNC(=NC)NCCCOCC1CCOC1.I. The molecule has 0 radical (unpaired) electrons. The van der Waals surface area contributed by atoms with Gasteiger partial charge in [0.15, 0.2) is 5.96 Å². The average Bonchev–Trinajstić information content (AvgIpc) is 3.01. The van der Waals surface area contributed by atoms with Crippen molar-refractivity contribution < 1.29 is 14.2 Å². The fourth-order valence-corrected chi connectivity index (χ4v) is 2.09. The Bertz CT molecular complexity index is 275. The first-order valence-electron chi connectivity index (χ1n) is 8.04. The third-order valence-electron chi connectivity index (χ3n) is 3.32. The standard InChI is InChI=1S/C15H31N3O3.HI/c1-3-19-9-4-7-17-15(16-2)18-8-5-10-20-12-14-6-11-21-13-14;/h14H,3-13H2,1-2H3,(H2,16,17,18);1H. The molecule has 6 nitrogen and oxygen atoms in total. The summed E-state index contributed by atoms with van der Waals surface area (Å²) >= 11 is 0. The molecule has 22 heavy (non-hydrogen) atoms. The Hall–Kier alpha value is -0.120. The zero-order chi connectivity index (χ0) is 15.2. The summed E-state index contributed by atoms with van der Waals surface area (Å²) in [4.78, 5) is 4.18. The zero-order valence-electron chi connectivity index (χ0n) is 13.9. The van der Waals surface area contributed by atoms with E-state index in [1.165, 1.54) is 0 Å². The summed E-state index contributed by atoms with van der Waals surface area (Å²) in [6, 6.07) is 0. The Kier molecular flexibility index (Phi) is 15.7. The van der Waals surface area contributed by atoms with Crippen molar-refractivity contribution in [3.05, 3.63) is 0 Å². The maximum atomic E-state index is 5.66. The van der Waals surface area contributed by atoms with E-state index in [1.807, 2.05) is 6.92 Å². The molecule has 0 saturated carbocycles. The lowest BCUT2D eigenvalue weighted by Crippen LogP contribution is -2.38. The number of ether oxygens (including phenoxy) is 3. The van der Waals surface area contributed by atoms with Crippen LogP contribution in [-0.2, 0) is 14.2 Å². The molecule has 0 aromatic rings. The van der Waals surface area contributed by atoms with E-state index in [-0.39, 0.29) is 24.0 Å². The molecule has 1 rings (SSSR count). The van der Waals surface area contributed by atoms with Crippen LogP contribution in [0.15, 0.2) is 4.99 Å². The van der Waals surface area contributed by atoms with Crippen LogP contribution in [0.25, 0.3) is 0 Å². The summed E-state index contributed by atoms with van der Waals surface area (Å²) in [5, 5.41) is 6.55.